The van der Waals surface area contributed by atoms with E-state index >= 15 is 0 Å². The van der Waals surface area contributed by atoms with E-state index in [1.165, 1.54) is 0 Å². The van der Waals surface area contributed by atoms with Gasteiger partial charge in [-0.2, -0.15) is 0 Å². The van der Waals surface area contributed by atoms with E-state index in [9.17, 15) is 4.79 Å². The molecule has 1 rings (SSSR count). The van der Waals surface area contributed by atoms with Crippen LogP contribution in [0.5, 0.6) is 0 Å². The van der Waals surface area contributed by atoms with Gasteiger partial charge in [0.05, 0.1) is 0 Å². The predicted octanol–water partition coefficient (Wildman–Crippen LogP) is 1.34. The third-order valence-corrected chi connectivity index (χ3v) is 2.34. The molecule has 0 bridgehead atoms. The highest BCUT2D eigenvalue weighted by atomic mass is 16.4. The summed E-state index contributed by atoms with van der Waals surface area (Å²) in [4.78, 5) is 12.8. The maximum atomic E-state index is 10.8. The van der Waals surface area contributed by atoms with Gasteiger partial charge in [-0.15, -0.1) is 0 Å². The molecule has 1 fully saturated rings. The summed E-state index contributed by atoms with van der Waals surface area (Å²) in [6, 6.07) is -0.291. The first kappa shape index (κ1) is 8.05. The Hall–Kier alpha value is -0.570. The molecule has 0 spiro atoms. The lowest BCUT2D eigenvalue weighted by Crippen LogP contribution is -2.44. The van der Waals surface area contributed by atoms with E-state index in [4.69, 9.17) is 6.48 Å². The second kappa shape index (κ2) is 4.45. The molecular weight excluding hydrogens is 154 g/mol. The van der Waals surface area contributed by atoms with Gasteiger partial charge >= 0.3 is 5.97 Å². The Kier molecular flexibility index (Phi) is 2.99. The van der Waals surface area contributed by atoms with Gasteiger partial charge < -0.3 is 5.11 Å². The molecule has 0 aromatic rings. The van der Waals surface area contributed by atoms with E-state index in [2.05, 4.69) is 0 Å². The number of carboxylic acids is 1. The van der Waals surface area contributed by atoms with Crippen LogP contribution in [0.4, 0.5) is 0 Å². The average Bonchev–Trinajstić information content (AvgIpc) is 2.15. The van der Waals surface area contributed by atoms with Gasteiger partial charge in [-0.1, -0.05) is 13.3 Å². The molecule has 0 aliphatic carbocycles. The van der Waals surface area contributed by atoms with Gasteiger partial charge in [0, 0.05) is 1.37 Å². The van der Waals surface area contributed by atoms with E-state index < -0.39 is 5.97 Å². The quantitative estimate of drug-likeness (QED) is 0.698. The third-order valence-electron chi connectivity index (χ3n) is 2.34. The Morgan fingerprint density at radius 2 is 2.58 bits per heavy atom. The zero-order valence-electron chi connectivity index (χ0n) is 8.33. The fraction of sp³-hybridized carbons (Fsp3) is 0.889. The van der Waals surface area contributed by atoms with Crippen LogP contribution in [0.2, 0.25) is 0 Å². The minimum absolute atomic E-state index is 0.291. The molecule has 3 nitrogen and oxygen atoms in total. The Morgan fingerprint density at radius 3 is 3.25 bits per heavy atom. The third kappa shape index (κ3) is 2.21. The van der Waals surface area contributed by atoms with Crippen LogP contribution in [0.15, 0.2) is 0 Å². The molecule has 3 heteroatoms. The van der Waals surface area contributed by atoms with Crippen molar-refractivity contribution in [3.05, 3.63) is 0 Å². The van der Waals surface area contributed by atoms with Crippen molar-refractivity contribution < 1.29 is 11.3 Å². The van der Waals surface area contributed by atoms with Crippen molar-refractivity contribution in [3.63, 3.8) is 0 Å². The molecule has 1 aliphatic rings. The van der Waals surface area contributed by atoms with E-state index in [0.29, 0.717) is 6.90 Å². The lowest BCUT2D eigenvalue weighted by molar-refractivity contribution is -0.144. The number of carboxylic acid groups (broad SMARTS) is 1. The highest BCUT2D eigenvalue weighted by Crippen LogP contribution is 2.16. The second-order valence-electron chi connectivity index (χ2n) is 3.24. The molecule has 1 unspecified atom stereocenters. The number of rotatable bonds is 3. The number of aliphatic carboxylic acids is 1. The maximum Gasteiger partial charge on any atom is 0.320 e. The van der Waals surface area contributed by atoms with E-state index in [-0.39, 0.29) is 6.04 Å². The number of hydrogen-bond acceptors (Lipinski definition) is 2. The topological polar surface area (TPSA) is 40.5 Å². The Balaban J connectivity index is 2.41. The number of hydrogen-bond donors (Lipinski definition) is 1. The summed E-state index contributed by atoms with van der Waals surface area (Å²) in [6.07, 6.45) is 3.67. The first-order chi connectivity index (χ1) is 6.25. The second-order valence-corrected chi connectivity index (χ2v) is 3.24. The summed E-state index contributed by atoms with van der Waals surface area (Å²) in [5, 5.41) is 8.92. The molecule has 1 N–H and O–H groups in total. The first-order valence-electron chi connectivity index (χ1n) is 5.22. The van der Waals surface area contributed by atoms with Gasteiger partial charge in [-0.25, -0.2) is 0 Å². The van der Waals surface area contributed by atoms with Crippen LogP contribution < -0.4 is 0 Å². The zero-order valence-corrected chi connectivity index (χ0v) is 7.33. The standard InChI is InChI=1S/C9H17NO2/c1-2-6-10-7-4-3-5-8(10)9(11)12/h8H,2-7H2,1H3,(H,11,12)/i1D. The monoisotopic (exact) mass is 172 g/mol. The van der Waals surface area contributed by atoms with Gasteiger partial charge in [0.25, 0.3) is 0 Å². The molecule has 1 aliphatic heterocycles. The SMILES string of the molecule is [2H]CCCN1CCCCC1C(=O)O. The lowest BCUT2D eigenvalue weighted by atomic mass is 10.0. The van der Waals surface area contributed by atoms with Gasteiger partial charge in [-0.3, -0.25) is 9.69 Å². The van der Waals surface area contributed by atoms with E-state index in [0.717, 1.165) is 38.8 Å². The van der Waals surface area contributed by atoms with Gasteiger partial charge in [0.1, 0.15) is 6.04 Å². The van der Waals surface area contributed by atoms with Crippen molar-refractivity contribution in [1.29, 1.82) is 0 Å². The molecule has 70 valence electrons. The first-order valence-corrected chi connectivity index (χ1v) is 4.52. The van der Waals surface area contributed by atoms with Gasteiger partial charge in [0.15, 0.2) is 0 Å². The minimum Gasteiger partial charge on any atom is -0.480 e. The Morgan fingerprint density at radius 1 is 1.75 bits per heavy atom. The number of piperidine rings is 1. The molecular formula is C9H17NO2. The van der Waals surface area contributed by atoms with Gasteiger partial charge in [0.2, 0.25) is 0 Å². The smallest absolute Gasteiger partial charge is 0.320 e. The molecule has 0 amide bonds. The molecule has 0 radical (unpaired) electrons. The van der Waals surface area contributed by atoms with Crippen LogP contribution in [-0.4, -0.2) is 35.1 Å². The fourth-order valence-electron chi connectivity index (χ4n) is 1.74. The normalized spacial score (nSPS) is 26.7. The lowest BCUT2D eigenvalue weighted by Gasteiger charge is -2.32. The minimum atomic E-state index is -0.704. The van der Waals surface area contributed by atoms with Crippen LogP contribution in [0, 0.1) is 0 Å². The molecule has 0 aromatic heterocycles. The van der Waals surface area contributed by atoms with Crippen molar-refractivity contribution in [2.24, 2.45) is 0 Å². The van der Waals surface area contributed by atoms with Gasteiger partial charge in [-0.05, 0) is 32.4 Å². The number of carbonyl (C=O) groups is 1. The zero-order chi connectivity index (χ0) is 9.68. The fourth-order valence-corrected chi connectivity index (χ4v) is 1.74. The summed E-state index contributed by atoms with van der Waals surface area (Å²) in [5.74, 6) is -0.704. The van der Waals surface area contributed by atoms with Crippen LogP contribution in [0.1, 0.15) is 34.0 Å². The number of likely N-dealkylation sites (tertiary alicyclic amines) is 1. The Bertz CT molecular complexity index is 175. The molecule has 0 aromatic carbocycles. The number of nitrogens with zero attached hydrogens (tertiary/aromatic N) is 1. The summed E-state index contributed by atoms with van der Waals surface area (Å²) >= 11 is 0. The molecule has 1 saturated heterocycles. The summed E-state index contributed by atoms with van der Waals surface area (Å²) in [7, 11) is 0. The molecule has 0 saturated carbocycles. The van der Waals surface area contributed by atoms with Crippen LogP contribution >= 0.6 is 0 Å². The molecule has 1 atom stereocenters. The van der Waals surface area contributed by atoms with Crippen molar-refractivity contribution in [1.82, 2.24) is 4.90 Å². The van der Waals surface area contributed by atoms with E-state index in [1.54, 1.807) is 0 Å². The molecule has 12 heavy (non-hydrogen) atoms. The summed E-state index contributed by atoms with van der Waals surface area (Å²) in [6.45, 7) is 2.04. The largest absolute Gasteiger partial charge is 0.480 e. The van der Waals surface area contributed by atoms with Crippen molar-refractivity contribution >= 4 is 5.97 Å². The van der Waals surface area contributed by atoms with Crippen LogP contribution in [-0.2, 0) is 4.79 Å². The van der Waals surface area contributed by atoms with Crippen molar-refractivity contribution in [2.75, 3.05) is 13.1 Å². The maximum absolute atomic E-state index is 10.8. The van der Waals surface area contributed by atoms with Crippen molar-refractivity contribution in [3.8, 4) is 0 Å². The van der Waals surface area contributed by atoms with Crippen LogP contribution in [0.25, 0.3) is 0 Å². The van der Waals surface area contributed by atoms with Crippen LogP contribution in [0.3, 0.4) is 0 Å². The highest BCUT2D eigenvalue weighted by Gasteiger charge is 2.27. The predicted molar refractivity (Wildman–Crippen MR) is 47.1 cm³/mol. The van der Waals surface area contributed by atoms with E-state index in [1.807, 2.05) is 4.90 Å². The molecule has 1 heterocycles. The summed E-state index contributed by atoms with van der Waals surface area (Å²) < 4.78 is 7.02. The Labute approximate surface area is 74.8 Å². The average molecular weight is 172 g/mol. The summed E-state index contributed by atoms with van der Waals surface area (Å²) in [5.41, 5.74) is 0. The highest BCUT2D eigenvalue weighted by molar-refractivity contribution is 5.73. The van der Waals surface area contributed by atoms with Crippen molar-refractivity contribution in [2.45, 2.75) is 38.6 Å².